The van der Waals surface area contributed by atoms with Crippen LogP contribution in [0.1, 0.15) is 45.8 Å². The third kappa shape index (κ3) is 7.49. The van der Waals surface area contributed by atoms with Gasteiger partial charge in [-0.15, -0.1) is 0 Å². The Balaban J connectivity index is 2.50. The van der Waals surface area contributed by atoms with Crippen molar-refractivity contribution >= 4 is 15.8 Å². The number of nitrogens with zero attached hydrogens (tertiary/aromatic N) is 2. The van der Waals surface area contributed by atoms with E-state index in [1.165, 1.54) is 6.26 Å². The van der Waals surface area contributed by atoms with Crippen LogP contribution in [0, 0.1) is 0 Å². The van der Waals surface area contributed by atoms with E-state index in [0.717, 1.165) is 5.76 Å². The molecule has 0 aliphatic rings. The Kier molecular flexibility index (Phi) is 6.61. The number of rotatable bonds is 6. The van der Waals surface area contributed by atoms with E-state index in [1.807, 2.05) is 6.92 Å². The van der Waals surface area contributed by atoms with E-state index in [1.54, 1.807) is 13.2 Å². The van der Waals surface area contributed by atoms with E-state index in [2.05, 4.69) is 41.4 Å². The van der Waals surface area contributed by atoms with E-state index in [0.29, 0.717) is 24.8 Å². The van der Waals surface area contributed by atoms with Crippen LogP contribution in [0.5, 0.6) is 0 Å². The molecule has 0 aliphatic carbocycles. The van der Waals surface area contributed by atoms with Crippen LogP contribution < -0.4 is 10.6 Å². The van der Waals surface area contributed by atoms with Crippen LogP contribution in [-0.2, 0) is 21.8 Å². The molecule has 7 nitrogen and oxygen atoms in total. The Bertz CT molecular complexity index is 629. The molecule has 1 rings (SSSR count). The molecule has 1 aromatic rings. The number of aromatic nitrogens is 1. The molecular formula is C15H28N4O3S. The predicted octanol–water partition coefficient (Wildman–Crippen LogP) is 1.46. The Morgan fingerprint density at radius 1 is 1.43 bits per heavy atom. The Morgan fingerprint density at radius 3 is 2.57 bits per heavy atom. The largest absolute Gasteiger partial charge is 0.443 e. The van der Waals surface area contributed by atoms with Gasteiger partial charge >= 0.3 is 0 Å². The molecular weight excluding hydrogens is 316 g/mol. The first-order valence-electron chi connectivity index (χ1n) is 7.61. The van der Waals surface area contributed by atoms with Crippen molar-refractivity contribution in [3.05, 3.63) is 17.8 Å². The molecule has 0 amide bonds. The van der Waals surface area contributed by atoms with Crippen molar-refractivity contribution in [3.63, 3.8) is 0 Å². The maximum Gasteiger partial charge on any atom is 0.213 e. The lowest BCUT2D eigenvalue weighted by Gasteiger charge is -2.17. The highest BCUT2D eigenvalue weighted by Gasteiger charge is 2.19. The smallest absolute Gasteiger partial charge is 0.213 e. The van der Waals surface area contributed by atoms with Crippen LogP contribution in [0.15, 0.2) is 15.6 Å². The fourth-order valence-corrected chi connectivity index (χ4v) is 2.57. The minimum atomic E-state index is -2.95. The molecule has 1 heterocycles. The van der Waals surface area contributed by atoms with Gasteiger partial charge in [0.25, 0.3) is 0 Å². The Morgan fingerprint density at radius 2 is 2.09 bits per heavy atom. The van der Waals surface area contributed by atoms with Crippen LogP contribution in [0.4, 0.5) is 0 Å². The number of guanidine groups is 1. The SMILES string of the molecule is CN=C(NCc1ncc(C(C)(C)C)o1)NC(C)CCS(C)(=O)=O. The van der Waals surface area contributed by atoms with Gasteiger partial charge < -0.3 is 15.1 Å². The van der Waals surface area contributed by atoms with Gasteiger partial charge in [0.2, 0.25) is 5.89 Å². The first-order chi connectivity index (χ1) is 10.5. The van der Waals surface area contributed by atoms with Gasteiger partial charge in [-0.05, 0) is 13.3 Å². The summed E-state index contributed by atoms with van der Waals surface area (Å²) in [5, 5.41) is 6.26. The lowest BCUT2D eigenvalue weighted by Crippen LogP contribution is -2.42. The highest BCUT2D eigenvalue weighted by atomic mass is 32.2. The van der Waals surface area contributed by atoms with Gasteiger partial charge in [0.05, 0.1) is 18.5 Å². The maximum absolute atomic E-state index is 11.2. The van der Waals surface area contributed by atoms with Crippen molar-refractivity contribution in [1.29, 1.82) is 0 Å². The van der Waals surface area contributed by atoms with E-state index < -0.39 is 9.84 Å². The molecule has 1 aromatic heterocycles. The summed E-state index contributed by atoms with van der Waals surface area (Å²) in [6, 6.07) is -0.00868. The summed E-state index contributed by atoms with van der Waals surface area (Å²) in [6.07, 6.45) is 3.50. The van der Waals surface area contributed by atoms with Crippen molar-refractivity contribution in [2.75, 3.05) is 19.1 Å². The molecule has 1 atom stereocenters. The molecule has 0 fully saturated rings. The van der Waals surface area contributed by atoms with Crippen molar-refractivity contribution in [2.24, 2.45) is 4.99 Å². The molecule has 0 aromatic carbocycles. The Hall–Kier alpha value is -1.57. The third-order valence-electron chi connectivity index (χ3n) is 3.23. The summed E-state index contributed by atoms with van der Waals surface area (Å²) in [4.78, 5) is 8.36. The van der Waals surface area contributed by atoms with Gasteiger partial charge in [0.1, 0.15) is 15.6 Å². The fourth-order valence-electron chi connectivity index (χ4n) is 1.79. The van der Waals surface area contributed by atoms with E-state index in [9.17, 15) is 8.42 Å². The number of aliphatic imine (C=N–C) groups is 1. The highest BCUT2D eigenvalue weighted by molar-refractivity contribution is 7.90. The minimum absolute atomic E-state index is 0.00868. The van der Waals surface area contributed by atoms with Crippen molar-refractivity contribution in [1.82, 2.24) is 15.6 Å². The second-order valence-electron chi connectivity index (χ2n) is 6.76. The van der Waals surface area contributed by atoms with Crippen LogP contribution >= 0.6 is 0 Å². The fraction of sp³-hybridized carbons (Fsp3) is 0.733. The van der Waals surface area contributed by atoms with Crippen molar-refractivity contribution in [3.8, 4) is 0 Å². The number of nitrogens with one attached hydrogen (secondary N) is 2. The molecule has 0 saturated heterocycles. The van der Waals surface area contributed by atoms with Crippen LogP contribution in [0.25, 0.3) is 0 Å². The summed E-state index contributed by atoms with van der Waals surface area (Å²) in [7, 11) is -1.29. The molecule has 132 valence electrons. The summed E-state index contributed by atoms with van der Waals surface area (Å²) in [6.45, 7) is 8.52. The standard InChI is InChI=1S/C15H28N4O3S/c1-11(7-8-23(6,20)21)19-14(16-5)18-10-13-17-9-12(22-13)15(2,3)4/h9,11H,7-8,10H2,1-6H3,(H2,16,18,19). The molecule has 1 unspecified atom stereocenters. The van der Waals surface area contributed by atoms with Gasteiger partial charge in [-0.25, -0.2) is 13.4 Å². The second kappa shape index (κ2) is 7.81. The molecule has 0 aliphatic heterocycles. The topological polar surface area (TPSA) is 96.6 Å². The molecule has 0 radical (unpaired) electrons. The number of hydrogen-bond donors (Lipinski definition) is 2. The van der Waals surface area contributed by atoms with Gasteiger partial charge in [-0.2, -0.15) is 0 Å². The monoisotopic (exact) mass is 344 g/mol. The van der Waals surface area contributed by atoms with Gasteiger partial charge in [-0.3, -0.25) is 4.99 Å². The quantitative estimate of drug-likeness (QED) is 0.599. The van der Waals surface area contributed by atoms with E-state index in [-0.39, 0.29) is 17.2 Å². The summed E-state index contributed by atoms with van der Waals surface area (Å²) < 4.78 is 28.1. The van der Waals surface area contributed by atoms with E-state index >= 15 is 0 Å². The van der Waals surface area contributed by atoms with Gasteiger partial charge in [-0.1, -0.05) is 20.8 Å². The van der Waals surface area contributed by atoms with Gasteiger partial charge in [0, 0.05) is 24.8 Å². The molecule has 0 saturated carbocycles. The average molecular weight is 344 g/mol. The van der Waals surface area contributed by atoms with Crippen molar-refractivity contribution < 1.29 is 12.8 Å². The number of sulfone groups is 1. The molecule has 2 N–H and O–H groups in total. The van der Waals surface area contributed by atoms with E-state index in [4.69, 9.17) is 4.42 Å². The number of hydrogen-bond acceptors (Lipinski definition) is 5. The Labute approximate surface area is 138 Å². The molecule has 8 heteroatoms. The van der Waals surface area contributed by atoms with Gasteiger partial charge in [0.15, 0.2) is 5.96 Å². The summed E-state index contributed by atoms with van der Waals surface area (Å²) in [5.41, 5.74) is -0.0780. The lowest BCUT2D eigenvalue weighted by atomic mass is 9.94. The predicted molar refractivity (Wildman–Crippen MR) is 92.3 cm³/mol. The molecule has 0 spiro atoms. The maximum atomic E-state index is 11.2. The van der Waals surface area contributed by atoms with Crippen LogP contribution in [-0.4, -0.2) is 44.5 Å². The molecule has 0 bridgehead atoms. The normalized spacial score (nSPS) is 14.6. The molecule has 23 heavy (non-hydrogen) atoms. The summed E-state index contributed by atoms with van der Waals surface area (Å²) in [5.74, 6) is 2.15. The zero-order valence-corrected chi connectivity index (χ0v) is 15.6. The average Bonchev–Trinajstić information content (AvgIpc) is 2.89. The lowest BCUT2D eigenvalue weighted by molar-refractivity contribution is 0.379. The minimum Gasteiger partial charge on any atom is -0.443 e. The zero-order valence-electron chi connectivity index (χ0n) is 14.8. The highest BCUT2D eigenvalue weighted by Crippen LogP contribution is 2.22. The zero-order chi connectivity index (χ0) is 17.7. The first-order valence-corrected chi connectivity index (χ1v) is 9.67. The van der Waals surface area contributed by atoms with Crippen LogP contribution in [0.2, 0.25) is 0 Å². The third-order valence-corrected chi connectivity index (χ3v) is 4.21. The first kappa shape index (κ1) is 19.5. The van der Waals surface area contributed by atoms with Crippen LogP contribution in [0.3, 0.4) is 0 Å². The van der Waals surface area contributed by atoms with Crippen molar-refractivity contribution in [2.45, 2.75) is 52.1 Å². The second-order valence-corrected chi connectivity index (χ2v) is 9.02. The summed E-state index contributed by atoms with van der Waals surface area (Å²) >= 11 is 0. The number of oxazole rings is 1.